The van der Waals surface area contributed by atoms with Gasteiger partial charge in [-0.3, -0.25) is 9.78 Å². The fourth-order valence-corrected chi connectivity index (χ4v) is 5.04. The minimum atomic E-state index is -0.222. The molecule has 41 heavy (non-hydrogen) atoms. The molecule has 2 N–H and O–H groups in total. The average Bonchev–Trinajstić information content (AvgIpc) is 3.27. The molecule has 1 saturated heterocycles. The zero-order valence-electron chi connectivity index (χ0n) is 23.9. The summed E-state index contributed by atoms with van der Waals surface area (Å²) in [7, 11) is 5.69. The predicted octanol–water partition coefficient (Wildman–Crippen LogP) is 4.95. The standard InChI is InChI=1S/C30H36BrN7O3/c1-20-16-21(6-7-23(20)31)34-30-35-24-18-28(27(40-4)19-26(24)37(30)3)41-22-8-10-32-25(17-22)29(39)33-9-5-11-38-14-12-36(2)13-15-38/h6-8,10,16-19H,5,9,11-15H2,1-4H3,(H,33,39)(H,34,35). The van der Waals surface area contributed by atoms with Crippen LogP contribution in [0, 0.1) is 6.92 Å². The van der Waals surface area contributed by atoms with Crippen LogP contribution in [-0.2, 0) is 7.05 Å². The van der Waals surface area contributed by atoms with Crippen molar-refractivity contribution in [2.24, 2.45) is 7.05 Å². The van der Waals surface area contributed by atoms with Gasteiger partial charge < -0.3 is 34.5 Å². The first-order valence-corrected chi connectivity index (χ1v) is 14.5. The number of nitrogens with one attached hydrogen (secondary N) is 2. The number of anilines is 2. The number of halogens is 1. The SMILES string of the molecule is COc1cc2c(cc1Oc1ccnc(C(=O)NCCCN3CCN(C)CC3)c1)nc(Nc1ccc(Br)c(C)c1)n2C. The number of carbonyl (C=O) groups excluding carboxylic acids is 1. The van der Waals surface area contributed by atoms with Crippen molar-refractivity contribution in [3.05, 3.63) is 64.4 Å². The monoisotopic (exact) mass is 621 g/mol. The molecule has 0 spiro atoms. The molecule has 3 heterocycles. The number of hydrogen-bond acceptors (Lipinski definition) is 8. The largest absolute Gasteiger partial charge is 0.493 e. The Morgan fingerprint density at radius 3 is 2.61 bits per heavy atom. The third-order valence-corrected chi connectivity index (χ3v) is 8.19. The van der Waals surface area contributed by atoms with Crippen LogP contribution in [0.4, 0.5) is 11.6 Å². The molecule has 1 aliphatic rings. The molecule has 1 amide bonds. The molecule has 4 aromatic rings. The van der Waals surface area contributed by atoms with Crippen LogP contribution in [0.5, 0.6) is 17.2 Å². The molecule has 1 aliphatic heterocycles. The molecule has 0 aliphatic carbocycles. The molecular weight excluding hydrogens is 586 g/mol. The number of likely N-dealkylation sites (N-methyl/N-ethyl adjacent to an activating group) is 1. The molecule has 216 valence electrons. The van der Waals surface area contributed by atoms with E-state index in [9.17, 15) is 4.79 Å². The van der Waals surface area contributed by atoms with E-state index >= 15 is 0 Å². The van der Waals surface area contributed by atoms with Crippen LogP contribution in [-0.4, -0.2) is 83.7 Å². The van der Waals surface area contributed by atoms with E-state index in [1.807, 2.05) is 42.8 Å². The minimum absolute atomic E-state index is 0.222. The molecule has 2 aromatic heterocycles. The first kappa shape index (κ1) is 28.8. The summed E-state index contributed by atoms with van der Waals surface area (Å²) in [6, 6.07) is 13.2. The van der Waals surface area contributed by atoms with Crippen molar-refractivity contribution in [1.82, 2.24) is 29.7 Å². The second-order valence-corrected chi connectivity index (χ2v) is 11.2. The van der Waals surface area contributed by atoms with Gasteiger partial charge in [0, 0.05) is 74.3 Å². The van der Waals surface area contributed by atoms with Gasteiger partial charge in [0.1, 0.15) is 11.4 Å². The lowest BCUT2D eigenvalue weighted by atomic mass is 10.2. The third-order valence-electron chi connectivity index (χ3n) is 7.30. The average molecular weight is 623 g/mol. The van der Waals surface area contributed by atoms with Gasteiger partial charge in [-0.15, -0.1) is 0 Å². The summed E-state index contributed by atoms with van der Waals surface area (Å²) in [6.07, 6.45) is 2.47. The summed E-state index contributed by atoms with van der Waals surface area (Å²) in [4.78, 5) is 26.6. The molecule has 0 bridgehead atoms. The Kier molecular flexibility index (Phi) is 9.06. The van der Waals surface area contributed by atoms with Gasteiger partial charge >= 0.3 is 0 Å². The molecule has 1 fully saturated rings. The van der Waals surface area contributed by atoms with Crippen LogP contribution >= 0.6 is 15.9 Å². The number of fused-ring (bicyclic) bond motifs is 1. The topological polar surface area (TPSA) is 96.8 Å². The lowest BCUT2D eigenvalue weighted by molar-refractivity contribution is 0.0944. The van der Waals surface area contributed by atoms with Gasteiger partial charge in [0.25, 0.3) is 5.91 Å². The highest BCUT2D eigenvalue weighted by Crippen LogP contribution is 2.36. The van der Waals surface area contributed by atoms with Crippen LogP contribution in [0.2, 0.25) is 0 Å². The number of aromatic nitrogens is 3. The van der Waals surface area contributed by atoms with E-state index < -0.39 is 0 Å². The Balaban J connectivity index is 1.25. The minimum Gasteiger partial charge on any atom is -0.493 e. The smallest absolute Gasteiger partial charge is 0.270 e. The van der Waals surface area contributed by atoms with Gasteiger partial charge in [-0.1, -0.05) is 15.9 Å². The van der Waals surface area contributed by atoms with E-state index in [-0.39, 0.29) is 5.91 Å². The van der Waals surface area contributed by atoms with E-state index in [0.717, 1.165) is 65.9 Å². The number of amides is 1. The van der Waals surface area contributed by atoms with Gasteiger partial charge in [0.05, 0.1) is 18.1 Å². The lowest BCUT2D eigenvalue weighted by Gasteiger charge is -2.32. The van der Waals surface area contributed by atoms with Crippen molar-refractivity contribution in [2.45, 2.75) is 13.3 Å². The number of piperazine rings is 1. The number of aryl methyl sites for hydroxylation is 2. The fraction of sp³-hybridized carbons (Fsp3) is 0.367. The number of pyridine rings is 1. The van der Waals surface area contributed by atoms with E-state index in [0.29, 0.717) is 35.4 Å². The van der Waals surface area contributed by atoms with E-state index in [4.69, 9.17) is 14.5 Å². The highest BCUT2D eigenvalue weighted by molar-refractivity contribution is 9.10. The van der Waals surface area contributed by atoms with Gasteiger partial charge in [-0.2, -0.15) is 0 Å². The fourth-order valence-electron chi connectivity index (χ4n) is 4.79. The molecule has 0 radical (unpaired) electrons. The van der Waals surface area contributed by atoms with Gasteiger partial charge in [0.15, 0.2) is 11.5 Å². The molecule has 10 nitrogen and oxygen atoms in total. The summed E-state index contributed by atoms with van der Waals surface area (Å²) in [6.45, 7) is 7.93. The van der Waals surface area contributed by atoms with E-state index in [1.54, 1.807) is 25.4 Å². The maximum absolute atomic E-state index is 12.8. The second kappa shape index (κ2) is 12.9. The maximum atomic E-state index is 12.8. The summed E-state index contributed by atoms with van der Waals surface area (Å²) in [5.41, 5.74) is 4.00. The molecule has 0 atom stereocenters. The summed E-state index contributed by atoms with van der Waals surface area (Å²) in [5.74, 6) is 2.00. The zero-order chi connectivity index (χ0) is 28.9. The van der Waals surface area contributed by atoms with Gasteiger partial charge in [-0.05, 0) is 56.8 Å². The quantitative estimate of drug-likeness (QED) is 0.240. The molecule has 11 heteroatoms. The normalized spacial score (nSPS) is 14.3. The Labute approximate surface area is 248 Å². The van der Waals surface area contributed by atoms with Crippen LogP contribution in [0.25, 0.3) is 11.0 Å². The summed E-state index contributed by atoms with van der Waals surface area (Å²) >= 11 is 3.54. The lowest BCUT2D eigenvalue weighted by Crippen LogP contribution is -2.45. The molecule has 0 unspecified atom stereocenters. The highest BCUT2D eigenvalue weighted by atomic mass is 79.9. The van der Waals surface area contributed by atoms with Crippen LogP contribution in [0.15, 0.2) is 53.1 Å². The van der Waals surface area contributed by atoms with Crippen molar-refractivity contribution in [2.75, 3.05) is 58.7 Å². The van der Waals surface area contributed by atoms with E-state index in [2.05, 4.69) is 54.5 Å². The number of ether oxygens (including phenoxy) is 2. The first-order chi connectivity index (χ1) is 19.8. The van der Waals surface area contributed by atoms with Crippen molar-refractivity contribution < 1.29 is 14.3 Å². The van der Waals surface area contributed by atoms with Crippen molar-refractivity contribution >= 4 is 44.5 Å². The maximum Gasteiger partial charge on any atom is 0.270 e. The number of methoxy groups -OCH3 is 1. The number of benzene rings is 2. The van der Waals surface area contributed by atoms with Crippen molar-refractivity contribution in [1.29, 1.82) is 0 Å². The third kappa shape index (κ3) is 6.98. The van der Waals surface area contributed by atoms with Crippen LogP contribution in [0.1, 0.15) is 22.5 Å². The Hall–Kier alpha value is -3.67. The van der Waals surface area contributed by atoms with Crippen LogP contribution < -0.4 is 20.1 Å². The van der Waals surface area contributed by atoms with Crippen LogP contribution in [0.3, 0.4) is 0 Å². The zero-order valence-corrected chi connectivity index (χ0v) is 25.5. The number of hydrogen-bond donors (Lipinski definition) is 2. The summed E-state index contributed by atoms with van der Waals surface area (Å²) < 4.78 is 14.8. The molecule has 2 aromatic carbocycles. The number of carbonyl (C=O) groups is 1. The number of nitrogens with zero attached hydrogens (tertiary/aromatic N) is 5. The van der Waals surface area contributed by atoms with Crippen molar-refractivity contribution in [3.63, 3.8) is 0 Å². The number of rotatable bonds is 10. The Bertz CT molecular complexity index is 1530. The molecule has 5 rings (SSSR count). The first-order valence-electron chi connectivity index (χ1n) is 13.7. The van der Waals surface area contributed by atoms with Gasteiger partial charge in [-0.25, -0.2) is 4.98 Å². The van der Waals surface area contributed by atoms with E-state index in [1.165, 1.54) is 0 Å². The second-order valence-electron chi connectivity index (χ2n) is 10.3. The van der Waals surface area contributed by atoms with Crippen molar-refractivity contribution in [3.8, 4) is 17.2 Å². The molecular formula is C30H36BrN7O3. The Morgan fingerprint density at radius 2 is 1.85 bits per heavy atom. The highest BCUT2D eigenvalue weighted by Gasteiger charge is 2.17. The van der Waals surface area contributed by atoms with Gasteiger partial charge in [0.2, 0.25) is 5.95 Å². The summed E-state index contributed by atoms with van der Waals surface area (Å²) in [5, 5.41) is 6.37. The predicted molar refractivity (Wildman–Crippen MR) is 165 cm³/mol. The number of imidazole rings is 1. The molecule has 0 saturated carbocycles. The Morgan fingerprint density at radius 1 is 1.05 bits per heavy atom.